The molecule has 0 bridgehead atoms. The minimum absolute atomic E-state index is 1.07. The molecule has 50 heavy (non-hydrogen) atoms. The normalized spacial score (nSPS) is 11.7. The van der Waals surface area contributed by atoms with E-state index in [1.165, 1.54) is 88.3 Å². The van der Waals surface area contributed by atoms with Gasteiger partial charge in [-0.2, -0.15) is 0 Å². The van der Waals surface area contributed by atoms with E-state index >= 15 is 0 Å². The van der Waals surface area contributed by atoms with Gasteiger partial charge in [-0.25, -0.2) is 0 Å². The highest BCUT2D eigenvalue weighted by Crippen LogP contribution is 2.41. The highest BCUT2D eigenvalue weighted by atomic mass is 15.0. The number of nitrogens with two attached hydrogens (primary N) is 1. The van der Waals surface area contributed by atoms with E-state index in [4.69, 9.17) is 5.73 Å². The van der Waals surface area contributed by atoms with Crippen molar-refractivity contribution in [1.29, 1.82) is 0 Å². The van der Waals surface area contributed by atoms with Gasteiger partial charge in [0.15, 0.2) is 0 Å². The summed E-state index contributed by atoms with van der Waals surface area (Å²) in [5.41, 5.74) is 13.7. The van der Waals surface area contributed by atoms with Crippen LogP contribution in [0.3, 0.4) is 0 Å². The van der Waals surface area contributed by atoms with Gasteiger partial charge in [0, 0.05) is 21.5 Å². The Morgan fingerprint density at radius 1 is 0.480 bits per heavy atom. The first-order valence-electron chi connectivity index (χ1n) is 17.3. The lowest BCUT2D eigenvalue weighted by atomic mass is 9.91. The molecule has 0 fully saturated rings. The molecule has 9 rings (SSSR count). The van der Waals surface area contributed by atoms with Crippen LogP contribution in [0.1, 0.15) is 13.3 Å². The van der Waals surface area contributed by atoms with Crippen molar-refractivity contribution in [2.75, 3.05) is 0 Å². The number of rotatable bonds is 5. The lowest BCUT2D eigenvalue weighted by Crippen LogP contribution is -1.96. The van der Waals surface area contributed by atoms with Crippen LogP contribution in [-0.4, -0.2) is 4.57 Å². The van der Waals surface area contributed by atoms with Crippen molar-refractivity contribution in [3.05, 3.63) is 188 Å². The molecule has 2 N–H and O–H groups in total. The van der Waals surface area contributed by atoms with Gasteiger partial charge >= 0.3 is 0 Å². The van der Waals surface area contributed by atoms with Crippen LogP contribution in [-0.2, 0) is 0 Å². The predicted molar refractivity (Wildman–Crippen MR) is 217 cm³/mol. The molecule has 2 nitrogen and oxygen atoms in total. The van der Waals surface area contributed by atoms with E-state index in [9.17, 15) is 0 Å². The molecule has 9 aromatic rings. The number of allylic oxidation sites excluding steroid dienone is 3. The summed E-state index contributed by atoms with van der Waals surface area (Å²) in [4.78, 5) is 0. The van der Waals surface area contributed by atoms with Gasteiger partial charge in [-0.15, -0.1) is 0 Å². The van der Waals surface area contributed by atoms with Crippen LogP contribution in [0.25, 0.3) is 82.1 Å². The van der Waals surface area contributed by atoms with Gasteiger partial charge in [-0.3, -0.25) is 0 Å². The molecule has 240 valence electrons. The van der Waals surface area contributed by atoms with Crippen molar-refractivity contribution in [2.45, 2.75) is 13.3 Å². The molecule has 0 radical (unpaired) electrons. The highest BCUT2D eigenvalue weighted by molar-refractivity contribution is 6.20. The fraction of sp³-hybridized carbons (Fsp3) is 0.0417. The Morgan fingerprint density at radius 3 is 1.88 bits per heavy atom. The minimum atomic E-state index is 1.07. The van der Waals surface area contributed by atoms with Crippen LogP contribution < -0.4 is 5.73 Å². The molecule has 0 saturated heterocycles. The summed E-state index contributed by atoms with van der Waals surface area (Å²) < 4.78 is 2.47. The van der Waals surface area contributed by atoms with Gasteiger partial charge in [-0.05, 0) is 80.7 Å². The fourth-order valence-corrected chi connectivity index (χ4v) is 7.31. The van der Waals surface area contributed by atoms with E-state index in [1.807, 2.05) is 18.2 Å². The standard InChI is InChI=1S/C42H27N.C6H11N/c1-2-11-28(12-3-1)32-25-26-33(37-17-7-6-16-36(32)37)30-21-23-35-31(27-30)22-24-39-38-18-8-9-19-41(38)43(42(35)39)40-20-10-14-29-13-4-5-15-34(29)40;1-2-3-4-5-6-7/h1-27H;3-6H,2,7H2,1H3/b;4-3-,6-5-. The Hall–Kier alpha value is -6.38. The zero-order valence-electron chi connectivity index (χ0n) is 28.1. The third kappa shape index (κ3) is 5.51. The Balaban J connectivity index is 0.000000470. The van der Waals surface area contributed by atoms with Gasteiger partial charge in [0.25, 0.3) is 0 Å². The lowest BCUT2D eigenvalue weighted by Gasteiger charge is -2.14. The molecule has 0 spiro atoms. The topological polar surface area (TPSA) is 30.9 Å². The number of hydrogen-bond donors (Lipinski definition) is 1. The fourth-order valence-electron chi connectivity index (χ4n) is 7.31. The third-order valence-electron chi connectivity index (χ3n) is 9.57. The molecule has 0 saturated carbocycles. The van der Waals surface area contributed by atoms with Gasteiger partial charge in [-0.1, -0.05) is 165 Å². The summed E-state index contributed by atoms with van der Waals surface area (Å²) in [5, 5.41) is 10.1. The van der Waals surface area contributed by atoms with Crippen molar-refractivity contribution in [3.63, 3.8) is 0 Å². The molecule has 0 aliphatic heterocycles. The van der Waals surface area contributed by atoms with Gasteiger partial charge in [0.2, 0.25) is 0 Å². The van der Waals surface area contributed by atoms with Crippen LogP contribution in [0.2, 0.25) is 0 Å². The van der Waals surface area contributed by atoms with Crippen LogP contribution in [0.15, 0.2) is 188 Å². The van der Waals surface area contributed by atoms with E-state index in [1.54, 1.807) is 0 Å². The zero-order chi connectivity index (χ0) is 33.9. The van der Waals surface area contributed by atoms with E-state index < -0.39 is 0 Å². The van der Waals surface area contributed by atoms with Crippen molar-refractivity contribution in [2.24, 2.45) is 5.73 Å². The Morgan fingerprint density at radius 2 is 1.12 bits per heavy atom. The number of hydrogen-bond acceptors (Lipinski definition) is 1. The molecule has 0 atom stereocenters. The summed E-state index contributed by atoms with van der Waals surface area (Å²) >= 11 is 0. The number of fused-ring (bicyclic) bond motifs is 7. The summed E-state index contributed by atoms with van der Waals surface area (Å²) in [6.45, 7) is 2.08. The molecule has 8 aromatic carbocycles. The Labute approximate surface area is 293 Å². The van der Waals surface area contributed by atoms with Crippen molar-refractivity contribution in [3.8, 4) is 27.9 Å². The molecule has 0 aliphatic rings. The molecule has 0 amide bonds. The maximum Gasteiger partial charge on any atom is 0.0619 e. The summed E-state index contributed by atoms with van der Waals surface area (Å²) in [6.07, 6.45) is 8.38. The Kier molecular flexibility index (Phi) is 8.42. The van der Waals surface area contributed by atoms with E-state index in [-0.39, 0.29) is 0 Å². The van der Waals surface area contributed by atoms with E-state index in [2.05, 4.69) is 175 Å². The van der Waals surface area contributed by atoms with Gasteiger partial charge < -0.3 is 10.3 Å². The minimum Gasteiger partial charge on any atom is -0.405 e. The zero-order valence-corrected chi connectivity index (χ0v) is 28.1. The first-order chi connectivity index (χ1) is 24.8. The van der Waals surface area contributed by atoms with Crippen molar-refractivity contribution < 1.29 is 0 Å². The Bertz CT molecular complexity index is 2690. The molecular formula is C48H38N2. The summed E-state index contributed by atoms with van der Waals surface area (Å²) in [7, 11) is 0. The van der Waals surface area contributed by atoms with E-state index in [0.29, 0.717) is 0 Å². The number of benzene rings is 8. The third-order valence-corrected chi connectivity index (χ3v) is 9.57. The largest absolute Gasteiger partial charge is 0.405 e. The summed E-state index contributed by atoms with van der Waals surface area (Å²) in [6, 6.07) is 59.7. The first kappa shape index (κ1) is 30.9. The highest BCUT2D eigenvalue weighted by Gasteiger charge is 2.17. The molecule has 1 heterocycles. The quantitative estimate of drug-likeness (QED) is 0.186. The smallest absolute Gasteiger partial charge is 0.0619 e. The average molecular weight is 643 g/mol. The van der Waals surface area contributed by atoms with Crippen molar-refractivity contribution >= 4 is 54.1 Å². The second-order valence-electron chi connectivity index (χ2n) is 12.5. The molecular weight excluding hydrogens is 605 g/mol. The maximum absolute atomic E-state index is 5.04. The summed E-state index contributed by atoms with van der Waals surface area (Å²) in [5.74, 6) is 0. The monoisotopic (exact) mass is 642 g/mol. The average Bonchev–Trinajstić information content (AvgIpc) is 3.52. The molecule has 0 aliphatic carbocycles. The number of nitrogens with zero attached hydrogens (tertiary/aromatic N) is 1. The molecule has 1 aromatic heterocycles. The van der Waals surface area contributed by atoms with E-state index in [0.717, 1.165) is 6.42 Å². The number of aromatic nitrogens is 1. The van der Waals surface area contributed by atoms with Gasteiger partial charge in [0.05, 0.1) is 16.7 Å². The maximum atomic E-state index is 5.04. The SMILES string of the molecule is CC/C=C\C=C/N.c1ccc(-c2ccc(-c3ccc4c(ccc5c6ccccc6n(-c6cccc7ccccc67)c45)c3)c3ccccc23)cc1. The van der Waals surface area contributed by atoms with Crippen LogP contribution >= 0.6 is 0 Å². The van der Waals surface area contributed by atoms with Crippen LogP contribution in [0, 0.1) is 0 Å². The molecule has 2 heteroatoms. The first-order valence-corrected chi connectivity index (χ1v) is 17.3. The van der Waals surface area contributed by atoms with Crippen molar-refractivity contribution in [1.82, 2.24) is 4.57 Å². The second-order valence-corrected chi connectivity index (χ2v) is 12.5. The number of para-hydroxylation sites is 1. The van der Waals surface area contributed by atoms with Gasteiger partial charge in [0.1, 0.15) is 0 Å². The lowest BCUT2D eigenvalue weighted by molar-refractivity contribution is 1.20. The van der Waals surface area contributed by atoms with Crippen LogP contribution in [0.4, 0.5) is 0 Å². The molecule has 0 unspecified atom stereocenters. The second kappa shape index (κ2) is 13.6. The predicted octanol–water partition coefficient (Wildman–Crippen LogP) is 13.0. The van der Waals surface area contributed by atoms with Crippen LogP contribution in [0.5, 0.6) is 0 Å².